The molecule has 4 nitrogen and oxygen atoms in total. The molecule has 1 aromatic carbocycles. The molecule has 2 N–H and O–H groups in total. The zero-order chi connectivity index (χ0) is 18.6. The summed E-state index contributed by atoms with van der Waals surface area (Å²) in [5.41, 5.74) is 10.4. The van der Waals surface area contributed by atoms with E-state index in [9.17, 15) is 0 Å². The molecule has 1 saturated heterocycles. The van der Waals surface area contributed by atoms with Gasteiger partial charge in [0, 0.05) is 30.5 Å². The van der Waals surface area contributed by atoms with Crippen molar-refractivity contribution in [2.75, 3.05) is 37.7 Å². The molecule has 0 spiro atoms. The molecule has 3 aliphatic rings. The standard InChI is InChI=1S/C23H35N3O/c1-18(20-4-5-20)26(15-10-19-2-3-19)22-6-8-23(9-7-22)27-17-16-25-13-11-21(24)12-14-25/h6-9,19,21H,2-5,10-17,24H2,1H3. The molecule has 27 heavy (non-hydrogen) atoms. The van der Waals surface area contributed by atoms with Crippen LogP contribution in [0.2, 0.25) is 0 Å². The molecule has 1 heterocycles. The number of nitrogens with zero attached hydrogens (tertiary/aromatic N) is 2. The summed E-state index contributed by atoms with van der Waals surface area (Å²) in [5.74, 6) is 1.95. The molecular weight excluding hydrogens is 334 g/mol. The van der Waals surface area contributed by atoms with Crippen molar-refractivity contribution in [2.45, 2.75) is 57.9 Å². The number of ether oxygens (including phenoxy) is 1. The second-order valence-electron chi connectivity index (χ2n) is 8.59. The molecule has 2 saturated carbocycles. The van der Waals surface area contributed by atoms with Crippen molar-refractivity contribution in [2.24, 2.45) is 11.7 Å². The lowest BCUT2D eigenvalue weighted by Crippen LogP contribution is -2.41. The van der Waals surface area contributed by atoms with Gasteiger partial charge < -0.3 is 15.4 Å². The first kappa shape index (κ1) is 18.8. The van der Waals surface area contributed by atoms with Crippen molar-refractivity contribution in [3.8, 4) is 5.75 Å². The molecule has 1 aliphatic heterocycles. The predicted octanol–water partition coefficient (Wildman–Crippen LogP) is 4.16. The highest BCUT2D eigenvalue weighted by atomic mass is 16.5. The summed E-state index contributed by atoms with van der Waals surface area (Å²) in [7, 11) is 0. The van der Waals surface area contributed by atoms with Crippen molar-refractivity contribution < 1.29 is 4.74 Å². The summed E-state index contributed by atoms with van der Waals surface area (Å²) >= 11 is 0. The van der Waals surface area contributed by atoms with Crippen LogP contribution in [0, 0.1) is 5.92 Å². The van der Waals surface area contributed by atoms with Crippen LogP contribution in [0.3, 0.4) is 0 Å². The monoisotopic (exact) mass is 369 g/mol. The SMILES string of the molecule is CC(=C1CC1)N(CCC1CC1)c1ccc(OCCN2CCC(N)CC2)cc1. The second kappa shape index (κ2) is 8.66. The van der Waals surface area contributed by atoms with Crippen LogP contribution in [0.4, 0.5) is 5.69 Å². The molecule has 2 aliphatic carbocycles. The summed E-state index contributed by atoms with van der Waals surface area (Å²) in [6.45, 7) is 7.40. The predicted molar refractivity (Wildman–Crippen MR) is 112 cm³/mol. The first-order valence-corrected chi connectivity index (χ1v) is 10.9. The second-order valence-corrected chi connectivity index (χ2v) is 8.59. The first-order chi connectivity index (χ1) is 13.2. The fraction of sp³-hybridized carbons (Fsp3) is 0.652. The molecule has 4 rings (SSSR count). The average Bonchev–Trinajstić information content (AvgIpc) is 3.57. The summed E-state index contributed by atoms with van der Waals surface area (Å²) in [6, 6.07) is 9.13. The molecule has 0 unspecified atom stereocenters. The van der Waals surface area contributed by atoms with E-state index in [2.05, 4.69) is 41.0 Å². The van der Waals surface area contributed by atoms with Gasteiger partial charge in [-0.3, -0.25) is 4.90 Å². The Balaban J connectivity index is 1.29. The van der Waals surface area contributed by atoms with Gasteiger partial charge in [-0.25, -0.2) is 0 Å². The van der Waals surface area contributed by atoms with E-state index in [4.69, 9.17) is 10.5 Å². The van der Waals surface area contributed by atoms with Crippen molar-refractivity contribution in [3.63, 3.8) is 0 Å². The Kier molecular flexibility index (Phi) is 6.04. The van der Waals surface area contributed by atoms with E-state index >= 15 is 0 Å². The van der Waals surface area contributed by atoms with Gasteiger partial charge in [0.15, 0.2) is 0 Å². The lowest BCUT2D eigenvalue weighted by molar-refractivity contribution is 0.174. The number of anilines is 1. The minimum absolute atomic E-state index is 0.395. The van der Waals surface area contributed by atoms with E-state index in [-0.39, 0.29) is 0 Å². The quantitative estimate of drug-likeness (QED) is 0.710. The van der Waals surface area contributed by atoms with Gasteiger partial charge in [0.1, 0.15) is 12.4 Å². The lowest BCUT2D eigenvalue weighted by Gasteiger charge is -2.29. The molecule has 4 heteroatoms. The number of benzene rings is 1. The maximum absolute atomic E-state index is 6.00. The highest BCUT2D eigenvalue weighted by Gasteiger charge is 2.25. The van der Waals surface area contributed by atoms with E-state index in [0.717, 1.165) is 57.3 Å². The number of allylic oxidation sites excluding steroid dienone is 2. The zero-order valence-electron chi connectivity index (χ0n) is 16.8. The highest BCUT2D eigenvalue weighted by molar-refractivity contribution is 5.55. The third kappa shape index (κ3) is 5.49. The van der Waals surface area contributed by atoms with Crippen LogP contribution in [-0.2, 0) is 0 Å². The summed E-state index contributed by atoms with van der Waals surface area (Å²) in [4.78, 5) is 4.99. The molecule has 0 amide bonds. The largest absolute Gasteiger partial charge is 0.492 e. The summed E-state index contributed by atoms with van der Waals surface area (Å²) in [6.07, 6.45) is 8.98. The Labute approximate surface area is 164 Å². The highest BCUT2D eigenvalue weighted by Crippen LogP contribution is 2.37. The van der Waals surface area contributed by atoms with Crippen LogP contribution >= 0.6 is 0 Å². The molecular formula is C23H35N3O. The van der Waals surface area contributed by atoms with E-state index in [1.54, 1.807) is 5.57 Å². The maximum atomic E-state index is 6.00. The fourth-order valence-electron chi connectivity index (χ4n) is 4.02. The Bertz CT molecular complexity index is 636. The Morgan fingerprint density at radius 2 is 1.81 bits per heavy atom. The van der Waals surface area contributed by atoms with Crippen LogP contribution in [0.5, 0.6) is 5.75 Å². The topological polar surface area (TPSA) is 41.7 Å². The molecule has 0 radical (unpaired) electrons. The van der Waals surface area contributed by atoms with Gasteiger partial charge in [-0.1, -0.05) is 18.4 Å². The smallest absolute Gasteiger partial charge is 0.119 e. The fourth-order valence-corrected chi connectivity index (χ4v) is 4.02. The van der Waals surface area contributed by atoms with E-state index in [1.165, 1.54) is 43.5 Å². The molecule has 3 fully saturated rings. The van der Waals surface area contributed by atoms with Crippen LogP contribution in [0.25, 0.3) is 0 Å². The van der Waals surface area contributed by atoms with Crippen LogP contribution in [0.15, 0.2) is 35.5 Å². The van der Waals surface area contributed by atoms with E-state index in [1.807, 2.05) is 0 Å². The summed E-state index contributed by atoms with van der Waals surface area (Å²) < 4.78 is 6.00. The zero-order valence-corrected chi connectivity index (χ0v) is 16.8. The lowest BCUT2D eigenvalue weighted by atomic mass is 10.1. The first-order valence-electron chi connectivity index (χ1n) is 10.9. The van der Waals surface area contributed by atoms with Crippen LogP contribution in [0.1, 0.15) is 51.9 Å². The maximum Gasteiger partial charge on any atom is 0.119 e. The number of hydrogen-bond donors (Lipinski definition) is 1. The van der Waals surface area contributed by atoms with Gasteiger partial charge in [-0.2, -0.15) is 0 Å². The molecule has 148 valence electrons. The Morgan fingerprint density at radius 1 is 1.11 bits per heavy atom. The Hall–Kier alpha value is -1.52. The van der Waals surface area contributed by atoms with Gasteiger partial charge in [0.25, 0.3) is 0 Å². The van der Waals surface area contributed by atoms with Gasteiger partial charge >= 0.3 is 0 Å². The Morgan fingerprint density at radius 3 is 2.44 bits per heavy atom. The van der Waals surface area contributed by atoms with Crippen molar-refractivity contribution >= 4 is 5.69 Å². The number of rotatable bonds is 9. The van der Waals surface area contributed by atoms with Crippen LogP contribution < -0.4 is 15.4 Å². The molecule has 1 aromatic rings. The number of likely N-dealkylation sites (tertiary alicyclic amines) is 1. The van der Waals surface area contributed by atoms with E-state index in [0.29, 0.717) is 6.04 Å². The molecule has 0 bridgehead atoms. The normalized spacial score (nSPS) is 20.6. The number of hydrogen-bond acceptors (Lipinski definition) is 4. The van der Waals surface area contributed by atoms with Crippen LogP contribution in [-0.4, -0.2) is 43.7 Å². The number of nitrogens with two attached hydrogens (primary N) is 1. The van der Waals surface area contributed by atoms with Crippen molar-refractivity contribution in [1.29, 1.82) is 0 Å². The van der Waals surface area contributed by atoms with Gasteiger partial charge in [-0.15, -0.1) is 0 Å². The van der Waals surface area contributed by atoms with E-state index < -0.39 is 0 Å². The minimum atomic E-state index is 0.395. The van der Waals surface area contributed by atoms with Gasteiger partial charge in [-0.05, 0) is 82.3 Å². The molecule has 0 atom stereocenters. The molecule has 0 aromatic heterocycles. The van der Waals surface area contributed by atoms with Gasteiger partial charge in [0.2, 0.25) is 0 Å². The number of piperidine rings is 1. The van der Waals surface area contributed by atoms with Gasteiger partial charge in [0.05, 0.1) is 0 Å². The minimum Gasteiger partial charge on any atom is -0.492 e. The summed E-state index contributed by atoms with van der Waals surface area (Å²) in [5, 5.41) is 0. The third-order valence-electron chi connectivity index (χ3n) is 6.33. The average molecular weight is 370 g/mol. The van der Waals surface area contributed by atoms with Crippen molar-refractivity contribution in [3.05, 3.63) is 35.5 Å². The van der Waals surface area contributed by atoms with Crippen molar-refractivity contribution in [1.82, 2.24) is 4.90 Å². The third-order valence-corrected chi connectivity index (χ3v) is 6.33.